The number of amides is 1. The molecule has 1 amide bonds. The van der Waals surface area contributed by atoms with Gasteiger partial charge in [-0.2, -0.15) is 0 Å². The van der Waals surface area contributed by atoms with E-state index >= 15 is 0 Å². The van der Waals surface area contributed by atoms with Crippen LogP contribution in [0.25, 0.3) is 0 Å². The number of sulfonamides is 1. The summed E-state index contributed by atoms with van der Waals surface area (Å²) in [7, 11) is -3.61. The predicted molar refractivity (Wildman–Crippen MR) is 110 cm³/mol. The monoisotopic (exact) mass is 392 g/mol. The smallest absolute Gasteiger partial charge is 0.264 e. The van der Waals surface area contributed by atoms with Crippen LogP contribution in [0.15, 0.2) is 77.7 Å². The van der Waals surface area contributed by atoms with Gasteiger partial charge in [0.25, 0.3) is 15.9 Å². The van der Waals surface area contributed by atoms with Crippen LogP contribution < -0.4 is 9.62 Å². The number of anilines is 2. The molecule has 28 heavy (non-hydrogen) atoms. The van der Waals surface area contributed by atoms with E-state index in [1.54, 1.807) is 48.5 Å². The van der Waals surface area contributed by atoms with Gasteiger partial charge in [0, 0.05) is 17.8 Å². The molecule has 1 heterocycles. The maximum absolute atomic E-state index is 12.9. The lowest BCUT2D eigenvalue weighted by molar-refractivity contribution is 0.102. The lowest BCUT2D eigenvalue weighted by atomic mass is 10.1. The number of carbonyl (C=O) groups is 1. The van der Waals surface area contributed by atoms with Gasteiger partial charge in [-0.3, -0.25) is 9.10 Å². The van der Waals surface area contributed by atoms with E-state index in [2.05, 4.69) is 5.32 Å². The average molecular weight is 392 g/mol. The van der Waals surface area contributed by atoms with Crippen molar-refractivity contribution in [3.8, 4) is 0 Å². The molecule has 1 N–H and O–H groups in total. The molecule has 0 atom stereocenters. The molecule has 1 aliphatic rings. The maximum Gasteiger partial charge on any atom is 0.264 e. The topological polar surface area (TPSA) is 66.5 Å². The molecule has 142 valence electrons. The number of hydrogen-bond acceptors (Lipinski definition) is 3. The van der Waals surface area contributed by atoms with Crippen molar-refractivity contribution in [2.24, 2.45) is 0 Å². The average Bonchev–Trinajstić information content (AvgIpc) is 3.14. The zero-order valence-electron chi connectivity index (χ0n) is 15.4. The predicted octanol–water partition coefficient (Wildman–Crippen LogP) is 4.00. The van der Waals surface area contributed by atoms with Crippen LogP contribution >= 0.6 is 0 Å². The summed E-state index contributed by atoms with van der Waals surface area (Å²) in [6.07, 6.45) is 0.576. The van der Waals surface area contributed by atoms with E-state index in [4.69, 9.17) is 0 Å². The summed E-state index contributed by atoms with van der Waals surface area (Å²) < 4.78 is 27.3. The Bertz CT molecular complexity index is 1120. The first-order chi connectivity index (χ1) is 13.4. The van der Waals surface area contributed by atoms with Gasteiger partial charge in [0.2, 0.25) is 0 Å². The number of nitrogens with one attached hydrogen (secondary N) is 1. The highest BCUT2D eigenvalue weighted by Crippen LogP contribution is 2.33. The van der Waals surface area contributed by atoms with Crippen molar-refractivity contribution in [1.29, 1.82) is 0 Å². The van der Waals surface area contributed by atoms with Gasteiger partial charge in [0.05, 0.1) is 10.6 Å². The highest BCUT2D eigenvalue weighted by atomic mass is 32.2. The van der Waals surface area contributed by atoms with Crippen LogP contribution in [-0.2, 0) is 16.4 Å². The first-order valence-electron chi connectivity index (χ1n) is 9.04. The molecular formula is C22H20N2O3S. The van der Waals surface area contributed by atoms with Crippen LogP contribution in [0.5, 0.6) is 0 Å². The third-order valence-electron chi connectivity index (χ3n) is 4.84. The van der Waals surface area contributed by atoms with Crippen LogP contribution in [0.3, 0.4) is 0 Å². The van der Waals surface area contributed by atoms with Crippen molar-refractivity contribution in [1.82, 2.24) is 0 Å². The van der Waals surface area contributed by atoms with E-state index in [0.717, 1.165) is 16.8 Å². The SMILES string of the molecule is Cc1ccc(NC(=O)c2ccc3c(c2)CCN3S(=O)(=O)c2ccccc2)cc1. The molecule has 4 rings (SSSR count). The summed E-state index contributed by atoms with van der Waals surface area (Å²) in [6, 6.07) is 21.1. The summed E-state index contributed by atoms with van der Waals surface area (Å²) in [6.45, 7) is 2.36. The second-order valence-corrected chi connectivity index (χ2v) is 8.67. The van der Waals surface area contributed by atoms with Crippen LogP contribution in [0.2, 0.25) is 0 Å². The van der Waals surface area contributed by atoms with Crippen LogP contribution in [0.4, 0.5) is 11.4 Å². The van der Waals surface area contributed by atoms with Crippen molar-refractivity contribution in [3.05, 3.63) is 89.5 Å². The van der Waals surface area contributed by atoms with Crippen molar-refractivity contribution < 1.29 is 13.2 Å². The number of nitrogens with zero attached hydrogens (tertiary/aromatic N) is 1. The van der Waals surface area contributed by atoms with E-state index in [1.807, 2.05) is 31.2 Å². The van der Waals surface area contributed by atoms with Gasteiger partial charge in [-0.15, -0.1) is 0 Å². The lowest BCUT2D eigenvalue weighted by Gasteiger charge is -2.19. The lowest BCUT2D eigenvalue weighted by Crippen LogP contribution is -2.29. The first kappa shape index (κ1) is 18.3. The minimum Gasteiger partial charge on any atom is -0.322 e. The molecule has 5 nitrogen and oxygen atoms in total. The van der Waals surface area contributed by atoms with Crippen LogP contribution in [0, 0.1) is 6.92 Å². The molecule has 0 radical (unpaired) electrons. The Morgan fingerprint density at radius 2 is 1.68 bits per heavy atom. The Morgan fingerprint density at radius 3 is 2.39 bits per heavy atom. The first-order valence-corrected chi connectivity index (χ1v) is 10.5. The van der Waals surface area contributed by atoms with E-state index in [0.29, 0.717) is 24.2 Å². The standard InChI is InChI=1S/C22H20N2O3S/c1-16-7-10-19(11-8-16)23-22(25)18-9-12-21-17(15-18)13-14-24(21)28(26,27)20-5-3-2-4-6-20/h2-12,15H,13-14H2,1H3,(H,23,25). The van der Waals surface area contributed by atoms with Gasteiger partial charge in [0.1, 0.15) is 0 Å². The molecule has 0 fully saturated rings. The van der Waals surface area contributed by atoms with Gasteiger partial charge in [0.15, 0.2) is 0 Å². The van der Waals surface area contributed by atoms with Crippen molar-refractivity contribution >= 4 is 27.3 Å². The highest BCUT2D eigenvalue weighted by Gasteiger charge is 2.31. The number of rotatable bonds is 4. The summed E-state index contributed by atoms with van der Waals surface area (Å²) in [5, 5.41) is 2.87. The number of hydrogen-bond donors (Lipinski definition) is 1. The fraction of sp³-hybridized carbons (Fsp3) is 0.136. The molecular weight excluding hydrogens is 372 g/mol. The van der Waals surface area contributed by atoms with Crippen LogP contribution in [-0.4, -0.2) is 20.9 Å². The zero-order chi connectivity index (χ0) is 19.7. The Hall–Kier alpha value is -3.12. The van der Waals surface area contributed by atoms with E-state index in [9.17, 15) is 13.2 Å². The number of fused-ring (bicyclic) bond motifs is 1. The molecule has 1 aliphatic heterocycles. The van der Waals surface area contributed by atoms with Gasteiger partial charge < -0.3 is 5.32 Å². The maximum atomic E-state index is 12.9. The number of aryl methyl sites for hydroxylation is 1. The Balaban J connectivity index is 1.58. The molecule has 3 aromatic rings. The zero-order valence-corrected chi connectivity index (χ0v) is 16.2. The third kappa shape index (κ3) is 3.39. The molecule has 0 bridgehead atoms. The largest absolute Gasteiger partial charge is 0.322 e. The molecule has 0 aliphatic carbocycles. The second kappa shape index (κ2) is 7.13. The molecule has 0 spiro atoms. The summed E-state index contributed by atoms with van der Waals surface area (Å²) in [4.78, 5) is 12.8. The van der Waals surface area contributed by atoms with Crippen molar-refractivity contribution in [3.63, 3.8) is 0 Å². The molecule has 0 saturated carbocycles. The summed E-state index contributed by atoms with van der Waals surface area (Å²) in [5.41, 5.74) is 3.85. The van der Waals surface area contributed by atoms with Crippen molar-refractivity contribution in [2.45, 2.75) is 18.2 Å². The van der Waals surface area contributed by atoms with E-state index in [-0.39, 0.29) is 10.8 Å². The highest BCUT2D eigenvalue weighted by molar-refractivity contribution is 7.92. The Labute approximate surface area is 164 Å². The minimum atomic E-state index is -3.61. The third-order valence-corrected chi connectivity index (χ3v) is 6.66. The second-order valence-electron chi connectivity index (χ2n) is 6.80. The van der Waals surface area contributed by atoms with Crippen molar-refractivity contribution in [2.75, 3.05) is 16.2 Å². The Kier molecular flexibility index (Phi) is 4.65. The summed E-state index contributed by atoms with van der Waals surface area (Å²) >= 11 is 0. The fourth-order valence-corrected chi connectivity index (χ4v) is 4.85. The van der Waals surface area contributed by atoms with E-state index in [1.165, 1.54) is 4.31 Å². The quantitative estimate of drug-likeness (QED) is 0.730. The molecule has 0 aromatic heterocycles. The van der Waals surface area contributed by atoms with Gasteiger partial charge in [-0.25, -0.2) is 8.42 Å². The number of carbonyl (C=O) groups excluding carboxylic acids is 1. The van der Waals surface area contributed by atoms with Gasteiger partial charge >= 0.3 is 0 Å². The van der Waals surface area contributed by atoms with E-state index < -0.39 is 10.0 Å². The minimum absolute atomic E-state index is 0.212. The number of benzene rings is 3. The normalized spacial score (nSPS) is 13.2. The van der Waals surface area contributed by atoms with Crippen LogP contribution in [0.1, 0.15) is 21.5 Å². The van der Waals surface area contributed by atoms with Gasteiger partial charge in [-0.05, 0) is 61.4 Å². The summed E-state index contributed by atoms with van der Waals surface area (Å²) in [5.74, 6) is -0.212. The molecule has 3 aromatic carbocycles. The molecule has 0 unspecified atom stereocenters. The Morgan fingerprint density at radius 1 is 0.964 bits per heavy atom. The molecule has 6 heteroatoms. The fourth-order valence-electron chi connectivity index (χ4n) is 3.32. The molecule has 0 saturated heterocycles. The van der Waals surface area contributed by atoms with Gasteiger partial charge in [-0.1, -0.05) is 35.9 Å².